The standard InChI is InChI=1S/C15H25NO/c1-5-16-13(4)14-8-6-7-9-15(14)17-11-10-12(2)3/h6-9,12-13,16H,5,10-11H2,1-4H3. The summed E-state index contributed by atoms with van der Waals surface area (Å²) in [7, 11) is 0. The minimum absolute atomic E-state index is 0.343. The molecule has 1 aromatic carbocycles. The van der Waals surface area contributed by atoms with E-state index in [4.69, 9.17) is 4.74 Å². The molecular weight excluding hydrogens is 210 g/mol. The van der Waals surface area contributed by atoms with Gasteiger partial charge in [-0.1, -0.05) is 39.0 Å². The van der Waals surface area contributed by atoms with E-state index in [9.17, 15) is 0 Å². The molecule has 0 aliphatic carbocycles. The monoisotopic (exact) mass is 235 g/mol. The highest BCUT2D eigenvalue weighted by molar-refractivity contribution is 5.35. The van der Waals surface area contributed by atoms with Crippen LogP contribution < -0.4 is 10.1 Å². The van der Waals surface area contributed by atoms with Crippen LogP contribution in [0.15, 0.2) is 24.3 Å². The van der Waals surface area contributed by atoms with Crippen molar-refractivity contribution < 1.29 is 4.74 Å². The van der Waals surface area contributed by atoms with Crippen LogP contribution in [-0.4, -0.2) is 13.2 Å². The van der Waals surface area contributed by atoms with Crippen molar-refractivity contribution in [2.75, 3.05) is 13.2 Å². The van der Waals surface area contributed by atoms with E-state index in [0.717, 1.165) is 25.3 Å². The van der Waals surface area contributed by atoms with Crippen molar-refractivity contribution in [3.05, 3.63) is 29.8 Å². The molecule has 0 bridgehead atoms. The second-order valence-electron chi connectivity index (χ2n) is 4.85. The molecule has 0 spiro atoms. The SMILES string of the molecule is CCNC(C)c1ccccc1OCCC(C)C. The first-order chi connectivity index (χ1) is 8.15. The van der Waals surface area contributed by atoms with Gasteiger partial charge in [0, 0.05) is 11.6 Å². The predicted octanol–water partition coefficient (Wildman–Crippen LogP) is 3.78. The first kappa shape index (κ1) is 14.0. The summed E-state index contributed by atoms with van der Waals surface area (Å²) in [6.45, 7) is 10.5. The summed E-state index contributed by atoms with van der Waals surface area (Å²) < 4.78 is 5.88. The molecule has 2 nitrogen and oxygen atoms in total. The van der Waals surface area contributed by atoms with Gasteiger partial charge in [-0.15, -0.1) is 0 Å². The summed E-state index contributed by atoms with van der Waals surface area (Å²) in [5, 5.41) is 3.42. The van der Waals surface area contributed by atoms with Crippen LogP contribution in [0.3, 0.4) is 0 Å². The molecule has 0 aromatic heterocycles. The Morgan fingerprint density at radius 3 is 2.53 bits per heavy atom. The molecule has 1 unspecified atom stereocenters. The second kappa shape index (κ2) is 7.33. The van der Waals surface area contributed by atoms with Gasteiger partial charge >= 0.3 is 0 Å². The summed E-state index contributed by atoms with van der Waals surface area (Å²) in [6, 6.07) is 8.64. The Kier molecular flexibility index (Phi) is 6.06. The predicted molar refractivity (Wildman–Crippen MR) is 73.5 cm³/mol. The number of hydrogen-bond acceptors (Lipinski definition) is 2. The second-order valence-corrected chi connectivity index (χ2v) is 4.85. The lowest BCUT2D eigenvalue weighted by Gasteiger charge is -2.18. The van der Waals surface area contributed by atoms with E-state index in [0.29, 0.717) is 12.0 Å². The van der Waals surface area contributed by atoms with Gasteiger partial charge < -0.3 is 10.1 Å². The molecule has 0 aliphatic rings. The summed E-state index contributed by atoms with van der Waals surface area (Å²) in [4.78, 5) is 0. The Labute approximate surface area is 105 Å². The fraction of sp³-hybridized carbons (Fsp3) is 0.600. The maximum absolute atomic E-state index is 5.88. The van der Waals surface area contributed by atoms with Crippen LogP contribution in [0.5, 0.6) is 5.75 Å². The maximum atomic E-state index is 5.88. The van der Waals surface area contributed by atoms with Gasteiger partial charge in [-0.3, -0.25) is 0 Å². The summed E-state index contributed by atoms with van der Waals surface area (Å²) in [5.41, 5.74) is 1.25. The van der Waals surface area contributed by atoms with E-state index in [1.807, 2.05) is 6.07 Å². The average molecular weight is 235 g/mol. The fourth-order valence-corrected chi connectivity index (χ4v) is 1.79. The molecule has 0 heterocycles. The summed E-state index contributed by atoms with van der Waals surface area (Å²) in [5.74, 6) is 1.70. The van der Waals surface area contributed by atoms with Crippen LogP contribution in [0.4, 0.5) is 0 Å². The number of para-hydroxylation sites is 1. The molecular formula is C15H25NO. The highest BCUT2D eigenvalue weighted by Crippen LogP contribution is 2.24. The summed E-state index contributed by atoms with van der Waals surface area (Å²) in [6.07, 6.45) is 1.10. The van der Waals surface area contributed by atoms with Gasteiger partial charge in [-0.2, -0.15) is 0 Å². The molecule has 0 aliphatic heterocycles. The molecule has 0 fully saturated rings. The molecule has 2 heteroatoms. The van der Waals surface area contributed by atoms with E-state index in [-0.39, 0.29) is 0 Å². The van der Waals surface area contributed by atoms with Crippen molar-refractivity contribution in [3.8, 4) is 5.75 Å². The molecule has 1 N–H and O–H groups in total. The van der Waals surface area contributed by atoms with Crippen LogP contribution in [-0.2, 0) is 0 Å². The first-order valence-electron chi connectivity index (χ1n) is 6.60. The van der Waals surface area contributed by atoms with Crippen LogP contribution in [0, 0.1) is 5.92 Å². The van der Waals surface area contributed by atoms with Crippen LogP contribution >= 0.6 is 0 Å². The van der Waals surface area contributed by atoms with Gasteiger partial charge in [0.25, 0.3) is 0 Å². The van der Waals surface area contributed by atoms with E-state index >= 15 is 0 Å². The highest BCUT2D eigenvalue weighted by Gasteiger charge is 2.09. The molecule has 0 amide bonds. The Morgan fingerprint density at radius 1 is 1.18 bits per heavy atom. The van der Waals surface area contributed by atoms with Crippen molar-refractivity contribution >= 4 is 0 Å². The third kappa shape index (κ3) is 4.78. The Bertz CT molecular complexity index is 322. The third-order valence-electron chi connectivity index (χ3n) is 2.85. The molecule has 1 rings (SSSR count). The fourth-order valence-electron chi connectivity index (χ4n) is 1.79. The largest absolute Gasteiger partial charge is 0.493 e. The minimum Gasteiger partial charge on any atom is -0.493 e. The summed E-state index contributed by atoms with van der Waals surface area (Å²) >= 11 is 0. The molecule has 1 atom stereocenters. The number of ether oxygens (including phenoxy) is 1. The van der Waals surface area contributed by atoms with Gasteiger partial charge in [0.1, 0.15) is 5.75 Å². The number of benzene rings is 1. The van der Waals surface area contributed by atoms with Gasteiger partial charge in [0.05, 0.1) is 6.61 Å². The molecule has 96 valence electrons. The molecule has 1 aromatic rings. The Hall–Kier alpha value is -1.02. The topological polar surface area (TPSA) is 21.3 Å². The van der Waals surface area contributed by atoms with E-state index in [2.05, 4.69) is 51.2 Å². The smallest absolute Gasteiger partial charge is 0.124 e. The van der Waals surface area contributed by atoms with Crippen LogP contribution in [0.2, 0.25) is 0 Å². The van der Waals surface area contributed by atoms with Crippen molar-refractivity contribution in [3.63, 3.8) is 0 Å². The Balaban J connectivity index is 2.63. The zero-order valence-electron chi connectivity index (χ0n) is 11.5. The average Bonchev–Trinajstić information content (AvgIpc) is 2.29. The zero-order valence-corrected chi connectivity index (χ0v) is 11.5. The highest BCUT2D eigenvalue weighted by atomic mass is 16.5. The molecule has 17 heavy (non-hydrogen) atoms. The quantitative estimate of drug-likeness (QED) is 0.776. The lowest BCUT2D eigenvalue weighted by molar-refractivity contribution is 0.284. The van der Waals surface area contributed by atoms with Gasteiger partial charge in [-0.25, -0.2) is 0 Å². The van der Waals surface area contributed by atoms with E-state index in [1.165, 1.54) is 5.56 Å². The van der Waals surface area contributed by atoms with Gasteiger partial charge in [0.15, 0.2) is 0 Å². The normalized spacial score (nSPS) is 12.8. The Morgan fingerprint density at radius 2 is 1.88 bits per heavy atom. The van der Waals surface area contributed by atoms with E-state index < -0.39 is 0 Å². The van der Waals surface area contributed by atoms with Crippen molar-refractivity contribution in [1.82, 2.24) is 5.32 Å². The molecule has 0 saturated carbocycles. The van der Waals surface area contributed by atoms with Crippen molar-refractivity contribution in [1.29, 1.82) is 0 Å². The van der Waals surface area contributed by atoms with Crippen molar-refractivity contribution in [2.24, 2.45) is 5.92 Å². The van der Waals surface area contributed by atoms with Gasteiger partial charge in [-0.05, 0) is 31.9 Å². The number of nitrogens with one attached hydrogen (secondary N) is 1. The minimum atomic E-state index is 0.343. The molecule has 0 saturated heterocycles. The lowest BCUT2D eigenvalue weighted by Crippen LogP contribution is -2.18. The number of hydrogen-bond donors (Lipinski definition) is 1. The third-order valence-corrected chi connectivity index (χ3v) is 2.85. The lowest BCUT2D eigenvalue weighted by atomic mass is 10.1. The van der Waals surface area contributed by atoms with Crippen LogP contribution in [0.25, 0.3) is 0 Å². The first-order valence-corrected chi connectivity index (χ1v) is 6.60. The van der Waals surface area contributed by atoms with E-state index in [1.54, 1.807) is 0 Å². The van der Waals surface area contributed by atoms with Crippen molar-refractivity contribution in [2.45, 2.75) is 40.2 Å². The molecule has 0 radical (unpaired) electrons. The zero-order chi connectivity index (χ0) is 12.7. The van der Waals surface area contributed by atoms with Gasteiger partial charge in [0.2, 0.25) is 0 Å². The maximum Gasteiger partial charge on any atom is 0.124 e. The van der Waals surface area contributed by atoms with Crippen LogP contribution in [0.1, 0.15) is 45.7 Å². The number of rotatable bonds is 7.